The van der Waals surface area contributed by atoms with E-state index in [-0.39, 0.29) is 12.4 Å². The molecule has 0 aromatic carbocycles. The van der Waals surface area contributed by atoms with Crippen molar-refractivity contribution < 1.29 is 30.2 Å². The number of hydrogen-bond donors (Lipinski definition) is 0. The lowest BCUT2D eigenvalue weighted by molar-refractivity contribution is -0.925. The van der Waals surface area contributed by atoms with Crippen LogP contribution in [-0.2, 0) is 13.3 Å². The Bertz CT molecular complexity index is 399. The van der Waals surface area contributed by atoms with Crippen molar-refractivity contribution in [2.75, 3.05) is 47.5 Å². The van der Waals surface area contributed by atoms with Crippen molar-refractivity contribution in [3.05, 3.63) is 0 Å². The third-order valence-corrected chi connectivity index (χ3v) is 10.7. The molecule has 0 saturated carbocycles. The van der Waals surface area contributed by atoms with Gasteiger partial charge >= 0.3 is 8.80 Å². The first-order chi connectivity index (χ1) is 16.1. The van der Waals surface area contributed by atoms with Gasteiger partial charge in [-0.1, -0.05) is 96.8 Å². The summed E-state index contributed by atoms with van der Waals surface area (Å²) in [6.45, 7) is 12.0. The van der Waals surface area contributed by atoms with Crippen molar-refractivity contribution >= 4 is 8.80 Å². The zero-order valence-corrected chi connectivity index (χ0v) is 25.9. The topological polar surface area (TPSA) is 27.7 Å². The largest absolute Gasteiger partial charge is 1.00 e. The Hall–Kier alpha value is 0.347. The first-order valence-electron chi connectivity index (χ1n) is 14.6. The molecule has 0 bridgehead atoms. The van der Waals surface area contributed by atoms with Gasteiger partial charge in [0, 0.05) is 33.8 Å². The van der Waals surface area contributed by atoms with E-state index >= 15 is 0 Å². The minimum atomic E-state index is -2.43. The van der Waals surface area contributed by atoms with E-state index in [4.69, 9.17) is 13.3 Å². The van der Waals surface area contributed by atoms with Crippen LogP contribution in [0.2, 0.25) is 6.04 Å². The first kappa shape index (κ1) is 36.5. The smallest absolute Gasteiger partial charge is 0.500 e. The summed E-state index contributed by atoms with van der Waals surface area (Å²) in [6.07, 6.45) is 24.1. The molecule has 0 radical (unpaired) electrons. The van der Waals surface area contributed by atoms with E-state index in [0.29, 0.717) is 0 Å². The molecule has 0 aliphatic rings. The van der Waals surface area contributed by atoms with Gasteiger partial charge in [-0.15, -0.1) is 0 Å². The molecule has 0 N–H and O–H groups in total. The molecular formula is C28H62ClNO3Si. The molecule has 208 valence electrons. The fourth-order valence-electron chi connectivity index (χ4n) is 5.15. The van der Waals surface area contributed by atoms with Crippen LogP contribution < -0.4 is 12.4 Å². The highest BCUT2D eigenvalue weighted by atomic mass is 35.5. The molecule has 0 spiro atoms. The molecule has 0 amide bonds. The Morgan fingerprint density at radius 3 is 1.12 bits per heavy atom. The summed E-state index contributed by atoms with van der Waals surface area (Å²) in [6, 6.07) is 0.912. The Kier molecular flexibility index (Phi) is 26.9. The minimum absolute atomic E-state index is 0. The zero-order valence-electron chi connectivity index (χ0n) is 24.1. The Morgan fingerprint density at radius 2 is 0.794 bits per heavy atom. The molecule has 6 heteroatoms. The van der Waals surface area contributed by atoms with E-state index < -0.39 is 8.80 Å². The highest BCUT2D eigenvalue weighted by Gasteiger charge is 2.38. The second-order valence-corrected chi connectivity index (χ2v) is 13.2. The molecule has 0 heterocycles. The summed E-state index contributed by atoms with van der Waals surface area (Å²) in [7, 11) is 2.73. The summed E-state index contributed by atoms with van der Waals surface area (Å²) >= 11 is 0. The molecule has 0 rings (SSSR count). The predicted octanol–water partition coefficient (Wildman–Crippen LogP) is 5.38. The highest BCUT2D eigenvalue weighted by Crippen LogP contribution is 2.19. The molecule has 0 saturated heterocycles. The van der Waals surface area contributed by atoms with Crippen molar-refractivity contribution in [1.29, 1.82) is 0 Å². The van der Waals surface area contributed by atoms with Gasteiger partial charge in [0.1, 0.15) is 0 Å². The van der Waals surface area contributed by atoms with Gasteiger partial charge in [-0.2, -0.15) is 0 Å². The van der Waals surface area contributed by atoms with Crippen LogP contribution in [0.5, 0.6) is 0 Å². The fraction of sp³-hybridized carbons (Fsp3) is 1.00. The van der Waals surface area contributed by atoms with Crippen molar-refractivity contribution in [2.45, 2.75) is 136 Å². The third kappa shape index (κ3) is 17.7. The van der Waals surface area contributed by atoms with Crippen LogP contribution in [0.15, 0.2) is 0 Å². The molecule has 0 fully saturated rings. The van der Waals surface area contributed by atoms with Gasteiger partial charge in [-0.25, -0.2) is 0 Å². The standard InChI is InChI=1S/C28H62NO3Si.ClH/c1-7-10-11-12-13-14-15-16-17-18-19-20-21-22-23-24-26-29(8-2,9-3)27-25-28-33(30-4,31-5)32-6;/h7-28H2,1-6H3;1H/q+1;/p-1. The van der Waals surface area contributed by atoms with E-state index in [1.165, 1.54) is 133 Å². The van der Waals surface area contributed by atoms with Gasteiger partial charge in [-0.3, -0.25) is 0 Å². The number of halogens is 1. The lowest BCUT2D eigenvalue weighted by Gasteiger charge is -2.38. The van der Waals surface area contributed by atoms with Gasteiger partial charge < -0.3 is 30.2 Å². The molecule has 0 unspecified atom stereocenters. The maximum absolute atomic E-state index is 5.60. The van der Waals surface area contributed by atoms with E-state index in [9.17, 15) is 0 Å². The van der Waals surface area contributed by atoms with Gasteiger partial charge in [0.2, 0.25) is 0 Å². The number of hydrogen-bond acceptors (Lipinski definition) is 3. The number of rotatable bonds is 26. The van der Waals surface area contributed by atoms with Crippen molar-refractivity contribution in [2.24, 2.45) is 0 Å². The molecule has 0 aromatic heterocycles. The summed E-state index contributed by atoms with van der Waals surface area (Å²) in [5.74, 6) is 0. The lowest BCUT2D eigenvalue weighted by atomic mass is 10.0. The predicted molar refractivity (Wildman–Crippen MR) is 147 cm³/mol. The normalized spacial score (nSPS) is 12.2. The number of quaternary nitrogens is 1. The zero-order chi connectivity index (χ0) is 24.7. The van der Waals surface area contributed by atoms with Crippen LogP contribution in [-0.4, -0.2) is 60.8 Å². The third-order valence-electron chi connectivity index (χ3n) is 7.88. The van der Waals surface area contributed by atoms with Crippen molar-refractivity contribution in [1.82, 2.24) is 0 Å². The van der Waals surface area contributed by atoms with E-state index in [1.807, 2.05) is 0 Å². The van der Waals surface area contributed by atoms with Gasteiger partial charge in [-0.05, 0) is 26.7 Å². The average molecular weight is 524 g/mol. The van der Waals surface area contributed by atoms with Gasteiger partial charge in [0.05, 0.1) is 26.2 Å². The summed E-state index contributed by atoms with van der Waals surface area (Å²) < 4.78 is 18.0. The molecule has 0 aliphatic heterocycles. The number of nitrogens with zero attached hydrogens (tertiary/aromatic N) is 1. The number of unbranched alkanes of at least 4 members (excludes halogenated alkanes) is 15. The Morgan fingerprint density at radius 1 is 0.471 bits per heavy atom. The van der Waals surface area contributed by atoms with Gasteiger partial charge in [0.25, 0.3) is 0 Å². The quantitative estimate of drug-likeness (QED) is 0.0865. The maximum Gasteiger partial charge on any atom is 0.500 e. The van der Waals surface area contributed by atoms with Crippen molar-refractivity contribution in [3.8, 4) is 0 Å². The average Bonchev–Trinajstić information content (AvgIpc) is 2.85. The van der Waals surface area contributed by atoms with Gasteiger partial charge in [0.15, 0.2) is 0 Å². The highest BCUT2D eigenvalue weighted by molar-refractivity contribution is 6.60. The molecule has 0 aromatic rings. The summed E-state index contributed by atoms with van der Waals surface area (Å²) in [5.41, 5.74) is 0. The molecular weight excluding hydrogens is 462 g/mol. The Balaban J connectivity index is 0. The van der Waals surface area contributed by atoms with Crippen LogP contribution in [0.4, 0.5) is 0 Å². The summed E-state index contributed by atoms with van der Waals surface area (Å²) in [5, 5.41) is 0. The molecule has 4 nitrogen and oxygen atoms in total. The maximum atomic E-state index is 5.60. The van der Waals surface area contributed by atoms with Crippen LogP contribution in [0.3, 0.4) is 0 Å². The fourth-order valence-corrected chi connectivity index (χ4v) is 6.85. The lowest BCUT2D eigenvalue weighted by Crippen LogP contribution is -3.00. The molecule has 0 atom stereocenters. The van der Waals surface area contributed by atoms with Crippen LogP contribution in [0, 0.1) is 0 Å². The summed E-state index contributed by atoms with van der Waals surface area (Å²) in [4.78, 5) is 0. The molecule has 34 heavy (non-hydrogen) atoms. The van der Waals surface area contributed by atoms with Crippen LogP contribution >= 0.6 is 0 Å². The van der Waals surface area contributed by atoms with Crippen molar-refractivity contribution in [3.63, 3.8) is 0 Å². The molecule has 0 aliphatic carbocycles. The van der Waals surface area contributed by atoms with E-state index in [1.54, 1.807) is 21.3 Å². The second kappa shape index (κ2) is 25.0. The monoisotopic (exact) mass is 523 g/mol. The van der Waals surface area contributed by atoms with E-state index in [0.717, 1.165) is 12.5 Å². The first-order valence-corrected chi connectivity index (χ1v) is 16.5. The Labute approximate surface area is 222 Å². The van der Waals surface area contributed by atoms with Crippen LogP contribution in [0.25, 0.3) is 0 Å². The minimum Gasteiger partial charge on any atom is -1.00 e. The van der Waals surface area contributed by atoms with E-state index in [2.05, 4.69) is 20.8 Å². The second-order valence-electron chi connectivity index (χ2n) is 10.1. The van der Waals surface area contributed by atoms with Crippen LogP contribution in [0.1, 0.15) is 130 Å². The SMILES string of the molecule is CCCCCCCCCCCCCCCCCC[N+](CC)(CC)CCC[Si](OC)(OC)OC.[Cl-].